The van der Waals surface area contributed by atoms with Gasteiger partial charge in [-0.1, -0.05) is 48.5 Å². The highest BCUT2D eigenvalue weighted by Crippen LogP contribution is 2.44. The first-order chi connectivity index (χ1) is 14.1. The van der Waals surface area contributed by atoms with Crippen molar-refractivity contribution in [1.29, 1.82) is 0 Å². The van der Waals surface area contributed by atoms with E-state index in [4.69, 9.17) is 9.84 Å². The van der Waals surface area contributed by atoms with Crippen molar-refractivity contribution in [2.24, 2.45) is 0 Å². The second-order valence-electron chi connectivity index (χ2n) is 6.48. The second kappa shape index (κ2) is 9.97. The number of nitrogens with one attached hydrogen (secondary N) is 2. The first-order valence-electron chi connectivity index (χ1n) is 9.21. The molecule has 0 unspecified atom stereocenters. The molecule has 0 spiro atoms. The van der Waals surface area contributed by atoms with Crippen LogP contribution < -0.4 is 10.6 Å². The SMILES string of the molecule is O=C(O)CSCCNC(=O)CNC(=O)OCC1c2ccccc2-c2ccccc21. The summed E-state index contributed by atoms with van der Waals surface area (Å²) in [5.74, 6) is -0.794. The number of thioether (sulfide) groups is 1. The summed E-state index contributed by atoms with van der Waals surface area (Å²) in [5, 5.41) is 13.6. The Morgan fingerprint density at radius 2 is 1.59 bits per heavy atom. The molecule has 0 fully saturated rings. The van der Waals surface area contributed by atoms with Gasteiger partial charge in [-0.2, -0.15) is 0 Å². The Hall–Kier alpha value is -3.00. The predicted molar refractivity (Wildman–Crippen MR) is 111 cm³/mol. The minimum atomic E-state index is -0.891. The largest absolute Gasteiger partial charge is 0.481 e. The third-order valence-corrected chi connectivity index (χ3v) is 5.47. The van der Waals surface area contributed by atoms with Gasteiger partial charge in [0.25, 0.3) is 0 Å². The Kier molecular flexibility index (Phi) is 7.13. The van der Waals surface area contributed by atoms with Crippen molar-refractivity contribution in [3.8, 4) is 11.1 Å². The zero-order valence-electron chi connectivity index (χ0n) is 15.7. The van der Waals surface area contributed by atoms with E-state index in [0.29, 0.717) is 12.3 Å². The summed E-state index contributed by atoms with van der Waals surface area (Å²) in [7, 11) is 0. The van der Waals surface area contributed by atoms with Crippen LogP contribution in [0.25, 0.3) is 11.1 Å². The summed E-state index contributed by atoms with van der Waals surface area (Å²) in [6.07, 6.45) is -0.651. The Balaban J connectivity index is 1.43. The van der Waals surface area contributed by atoms with E-state index in [0.717, 1.165) is 22.3 Å². The van der Waals surface area contributed by atoms with Gasteiger partial charge >= 0.3 is 12.1 Å². The molecule has 2 aromatic rings. The van der Waals surface area contributed by atoms with Gasteiger partial charge in [0.15, 0.2) is 0 Å². The number of carboxylic acid groups (broad SMARTS) is 1. The molecule has 0 aliphatic heterocycles. The smallest absolute Gasteiger partial charge is 0.407 e. The normalized spacial score (nSPS) is 12.0. The van der Waals surface area contributed by atoms with E-state index in [-0.39, 0.29) is 30.7 Å². The van der Waals surface area contributed by atoms with Crippen LogP contribution in [0.15, 0.2) is 48.5 Å². The maximum absolute atomic E-state index is 12.0. The van der Waals surface area contributed by atoms with E-state index < -0.39 is 12.1 Å². The molecule has 2 aromatic carbocycles. The number of carbonyl (C=O) groups is 3. The minimum absolute atomic E-state index is 0.00608. The fourth-order valence-corrected chi connectivity index (χ4v) is 3.85. The summed E-state index contributed by atoms with van der Waals surface area (Å²) < 4.78 is 5.36. The number of ether oxygens (including phenoxy) is 1. The third kappa shape index (κ3) is 5.51. The molecule has 0 saturated carbocycles. The highest BCUT2D eigenvalue weighted by molar-refractivity contribution is 7.99. The van der Waals surface area contributed by atoms with E-state index in [1.54, 1.807) is 0 Å². The standard InChI is InChI=1S/C21H22N2O5S/c24-19(22-9-10-29-13-20(25)26)11-23-21(27)28-12-18-16-7-3-1-5-14(16)15-6-2-4-8-17(15)18/h1-8,18H,9-13H2,(H,22,24)(H,23,27)(H,25,26). The predicted octanol–water partition coefficient (Wildman–Crippen LogP) is 2.46. The molecule has 3 N–H and O–H groups in total. The number of carboxylic acids is 1. The Morgan fingerprint density at radius 3 is 2.21 bits per heavy atom. The van der Waals surface area contributed by atoms with Crippen LogP contribution >= 0.6 is 11.8 Å². The van der Waals surface area contributed by atoms with Gasteiger partial charge in [-0.25, -0.2) is 4.79 Å². The number of amides is 2. The van der Waals surface area contributed by atoms with Crippen molar-refractivity contribution in [3.63, 3.8) is 0 Å². The lowest BCUT2D eigenvalue weighted by atomic mass is 9.98. The number of fused-ring (bicyclic) bond motifs is 3. The lowest BCUT2D eigenvalue weighted by molar-refractivity contribution is -0.133. The van der Waals surface area contributed by atoms with Crippen LogP contribution in [-0.4, -0.2) is 54.3 Å². The molecule has 8 heteroatoms. The average molecular weight is 414 g/mol. The topological polar surface area (TPSA) is 105 Å². The molecule has 0 aromatic heterocycles. The van der Waals surface area contributed by atoms with E-state index in [1.807, 2.05) is 36.4 Å². The second-order valence-corrected chi connectivity index (χ2v) is 7.58. The van der Waals surface area contributed by atoms with Crippen molar-refractivity contribution in [2.75, 3.05) is 31.2 Å². The fourth-order valence-electron chi connectivity index (χ4n) is 3.29. The third-order valence-electron chi connectivity index (χ3n) is 4.53. The van der Waals surface area contributed by atoms with Crippen molar-refractivity contribution >= 4 is 29.7 Å². The number of carbonyl (C=O) groups excluding carboxylic acids is 2. The van der Waals surface area contributed by atoms with Gasteiger partial charge in [0, 0.05) is 18.2 Å². The molecule has 0 bridgehead atoms. The van der Waals surface area contributed by atoms with Crippen LogP contribution in [0.3, 0.4) is 0 Å². The molecule has 0 radical (unpaired) electrons. The van der Waals surface area contributed by atoms with Crippen LogP contribution in [0.5, 0.6) is 0 Å². The molecule has 0 heterocycles. The molecular formula is C21H22N2O5S. The first kappa shape index (κ1) is 20.7. The van der Waals surface area contributed by atoms with Crippen molar-refractivity contribution in [2.45, 2.75) is 5.92 Å². The van der Waals surface area contributed by atoms with Crippen LogP contribution in [0.4, 0.5) is 4.79 Å². The average Bonchev–Trinajstić information content (AvgIpc) is 3.04. The fraction of sp³-hybridized carbons (Fsp3) is 0.286. The van der Waals surface area contributed by atoms with Crippen LogP contribution in [0.2, 0.25) is 0 Å². The van der Waals surface area contributed by atoms with E-state index in [2.05, 4.69) is 22.8 Å². The number of hydrogen-bond acceptors (Lipinski definition) is 5. The van der Waals surface area contributed by atoms with Gasteiger partial charge in [0.1, 0.15) is 6.61 Å². The quantitative estimate of drug-likeness (QED) is 0.545. The van der Waals surface area contributed by atoms with Crippen LogP contribution in [0, 0.1) is 0 Å². The monoisotopic (exact) mass is 414 g/mol. The Morgan fingerprint density at radius 1 is 0.966 bits per heavy atom. The van der Waals surface area contributed by atoms with E-state index in [9.17, 15) is 14.4 Å². The zero-order valence-corrected chi connectivity index (χ0v) is 16.5. The molecule has 1 aliphatic rings. The van der Waals surface area contributed by atoms with Crippen LogP contribution in [-0.2, 0) is 14.3 Å². The van der Waals surface area contributed by atoms with Gasteiger partial charge in [0.05, 0.1) is 12.3 Å². The summed E-state index contributed by atoms with van der Waals surface area (Å²) in [6.45, 7) is 0.330. The summed E-state index contributed by atoms with van der Waals surface area (Å²) in [4.78, 5) is 34.1. The Labute approximate surface area is 172 Å². The molecule has 3 rings (SSSR count). The number of rotatable bonds is 9. The van der Waals surface area contributed by atoms with Gasteiger partial charge < -0.3 is 20.5 Å². The molecule has 0 saturated heterocycles. The minimum Gasteiger partial charge on any atom is -0.481 e. The van der Waals surface area contributed by atoms with Crippen molar-refractivity contribution in [1.82, 2.24) is 10.6 Å². The molecular weight excluding hydrogens is 392 g/mol. The maximum Gasteiger partial charge on any atom is 0.407 e. The summed E-state index contributed by atoms with van der Waals surface area (Å²) in [6, 6.07) is 16.1. The number of benzene rings is 2. The first-order valence-corrected chi connectivity index (χ1v) is 10.4. The molecule has 29 heavy (non-hydrogen) atoms. The highest BCUT2D eigenvalue weighted by Gasteiger charge is 2.28. The van der Waals surface area contributed by atoms with Crippen molar-refractivity contribution < 1.29 is 24.2 Å². The molecule has 1 aliphatic carbocycles. The number of aliphatic carboxylic acids is 1. The molecule has 7 nitrogen and oxygen atoms in total. The Bertz CT molecular complexity index is 857. The maximum atomic E-state index is 12.0. The van der Waals surface area contributed by atoms with Crippen molar-refractivity contribution in [3.05, 3.63) is 59.7 Å². The van der Waals surface area contributed by atoms with Gasteiger partial charge in [-0.05, 0) is 22.3 Å². The molecule has 2 amide bonds. The van der Waals surface area contributed by atoms with Gasteiger partial charge in [-0.15, -0.1) is 11.8 Å². The highest BCUT2D eigenvalue weighted by atomic mass is 32.2. The zero-order chi connectivity index (χ0) is 20.6. The lowest BCUT2D eigenvalue weighted by Crippen LogP contribution is -2.38. The van der Waals surface area contributed by atoms with Crippen LogP contribution in [0.1, 0.15) is 17.0 Å². The van der Waals surface area contributed by atoms with Gasteiger partial charge in [-0.3, -0.25) is 9.59 Å². The lowest BCUT2D eigenvalue weighted by Gasteiger charge is -2.14. The molecule has 152 valence electrons. The number of hydrogen-bond donors (Lipinski definition) is 3. The van der Waals surface area contributed by atoms with Gasteiger partial charge in [0.2, 0.25) is 5.91 Å². The summed E-state index contributed by atoms with van der Waals surface area (Å²) in [5.41, 5.74) is 4.55. The molecule has 0 atom stereocenters. The van der Waals surface area contributed by atoms with E-state index in [1.165, 1.54) is 11.8 Å². The summed E-state index contributed by atoms with van der Waals surface area (Å²) >= 11 is 1.21. The number of alkyl carbamates (subject to hydrolysis) is 1. The van der Waals surface area contributed by atoms with E-state index >= 15 is 0 Å².